The van der Waals surface area contributed by atoms with Crippen molar-refractivity contribution in [3.05, 3.63) is 35.8 Å². The van der Waals surface area contributed by atoms with E-state index < -0.39 is 0 Å². The van der Waals surface area contributed by atoms with Crippen LogP contribution in [0.15, 0.2) is 24.3 Å². The van der Waals surface area contributed by atoms with Gasteiger partial charge < -0.3 is 10.3 Å². The number of nitrogens with zero attached hydrogens (tertiary/aromatic N) is 1. The molecule has 0 amide bonds. The number of fused-ring (bicyclic) bond motifs is 1. The van der Waals surface area contributed by atoms with Crippen LogP contribution in [0, 0.1) is 5.82 Å². The second-order valence-electron chi connectivity index (χ2n) is 4.49. The Morgan fingerprint density at radius 1 is 1.25 bits per heavy atom. The van der Waals surface area contributed by atoms with Gasteiger partial charge in [0.25, 0.3) is 0 Å². The maximum atomic E-state index is 13.7. The Labute approximate surface area is 94.9 Å². The lowest BCUT2D eigenvalue weighted by atomic mass is 10.2. The second-order valence-corrected chi connectivity index (χ2v) is 4.49. The molecule has 16 heavy (non-hydrogen) atoms. The summed E-state index contributed by atoms with van der Waals surface area (Å²) in [6, 6.07) is 7.20. The van der Waals surface area contributed by atoms with E-state index in [4.69, 9.17) is 5.73 Å². The Balaban J connectivity index is 2.81. The van der Waals surface area contributed by atoms with Crippen LogP contribution in [0.5, 0.6) is 0 Å². The first kappa shape index (κ1) is 11.1. The quantitative estimate of drug-likeness (QED) is 0.826. The van der Waals surface area contributed by atoms with Crippen LogP contribution in [0.25, 0.3) is 10.9 Å². The highest BCUT2D eigenvalue weighted by atomic mass is 19.1. The zero-order chi connectivity index (χ0) is 11.9. The number of hydrogen-bond acceptors (Lipinski definition) is 1. The van der Waals surface area contributed by atoms with Crippen molar-refractivity contribution in [2.75, 3.05) is 0 Å². The van der Waals surface area contributed by atoms with Gasteiger partial charge >= 0.3 is 0 Å². The molecule has 0 fully saturated rings. The van der Waals surface area contributed by atoms with Crippen molar-refractivity contribution in [3.8, 4) is 0 Å². The van der Waals surface area contributed by atoms with Crippen LogP contribution in [0.3, 0.4) is 0 Å². The maximum absolute atomic E-state index is 13.7. The van der Waals surface area contributed by atoms with E-state index in [0.29, 0.717) is 5.39 Å². The van der Waals surface area contributed by atoms with Crippen molar-refractivity contribution >= 4 is 10.9 Å². The molecule has 0 saturated heterocycles. The Kier molecular flexibility index (Phi) is 2.72. The van der Waals surface area contributed by atoms with Crippen molar-refractivity contribution in [1.29, 1.82) is 0 Å². The number of hydrogen-bond donors (Lipinski definition) is 1. The molecule has 0 radical (unpaired) electrons. The average molecular weight is 220 g/mol. The van der Waals surface area contributed by atoms with Gasteiger partial charge in [-0.25, -0.2) is 4.39 Å². The van der Waals surface area contributed by atoms with Gasteiger partial charge in [-0.05, 0) is 39.0 Å². The van der Waals surface area contributed by atoms with Crippen LogP contribution in [-0.2, 0) is 0 Å². The number of benzene rings is 1. The molecule has 3 heteroatoms. The summed E-state index contributed by atoms with van der Waals surface area (Å²) in [6.07, 6.45) is 0. The highest BCUT2D eigenvalue weighted by Crippen LogP contribution is 2.28. The van der Waals surface area contributed by atoms with E-state index in [1.54, 1.807) is 6.07 Å². The molecule has 2 N–H and O–H groups in total. The zero-order valence-corrected chi connectivity index (χ0v) is 9.87. The smallest absolute Gasteiger partial charge is 0.132 e. The van der Waals surface area contributed by atoms with Crippen molar-refractivity contribution in [3.63, 3.8) is 0 Å². The monoisotopic (exact) mass is 220 g/mol. The first-order valence-electron chi connectivity index (χ1n) is 5.57. The molecule has 86 valence electrons. The third-order valence-corrected chi connectivity index (χ3v) is 2.84. The molecule has 1 aromatic heterocycles. The van der Waals surface area contributed by atoms with E-state index >= 15 is 0 Å². The molecule has 0 spiro atoms. The summed E-state index contributed by atoms with van der Waals surface area (Å²) in [5.41, 5.74) is 7.82. The van der Waals surface area contributed by atoms with Crippen LogP contribution in [0.1, 0.15) is 38.5 Å². The molecule has 0 bridgehead atoms. The largest absolute Gasteiger partial charge is 0.340 e. The fourth-order valence-electron chi connectivity index (χ4n) is 2.16. The summed E-state index contributed by atoms with van der Waals surface area (Å²) >= 11 is 0. The summed E-state index contributed by atoms with van der Waals surface area (Å²) < 4.78 is 15.8. The molecule has 0 aliphatic carbocycles. The fourth-order valence-corrected chi connectivity index (χ4v) is 2.16. The summed E-state index contributed by atoms with van der Waals surface area (Å²) in [5.74, 6) is -0.182. The highest BCUT2D eigenvalue weighted by molar-refractivity contribution is 5.82. The standard InChI is InChI=1S/C13H17FN2/c1-8(2)16-12-6-4-5-11(14)10(12)7-13(16)9(3)15/h4-9H,15H2,1-3H3. The Morgan fingerprint density at radius 2 is 1.94 bits per heavy atom. The Bertz CT molecular complexity index is 512. The molecule has 0 aliphatic rings. The molecule has 0 saturated carbocycles. The van der Waals surface area contributed by atoms with Crippen molar-refractivity contribution < 1.29 is 4.39 Å². The van der Waals surface area contributed by atoms with Crippen molar-refractivity contribution in [2.24, 2.45) is 5.73 Å². The molecule has 1 aromatic carbocycles. The molecular weight excluding hydrogens is 203 g/mol. The second kappa shape index (κ2) is 3.91. The molecule has 0 aliphatic heterocycles. The number of aromatic nitrogens is 1. The minimum Gasteiger partial charge on any atom is -0.340 e. The third kappa shape index (κ3) is 1.61. The maximum Gasteiger partial charge on any atom is 0.132 e. The molecular formula is C13H17FN2. The lowest BCUT2D eigenvalue weighted by Crippen LogP contribution is -2.13. The zero-order valence-electron chi connectivity index (χ0n) is 9.87. The van der Waals surface area contributed by atoms with Crippen LogP contribution in [0.4, 0.5) is 4.39 Å². The molecule has 1 heterocycles. The van der Waals surface area contributed by atoms with Gasteiger partial charge in [0.15, 0.2) is 0 Å². The van der Waals surface area contributed by atoms with Crippen molar-refractivity contribution in [1.82, 2.24) is 4.57 Å². The normalized spacial score (nSPS) is 13.6. The summed E-state index contributed by atoms with van der Waals surface area (Å²) in [5, 5.41) is 0.656. The summed E-state index contributed by atoms with van der Waals surface area (Å²) in [4.78, 5) is 0. The van der Waals surface area contributed by atoms with E-state index in [1.807, 2.05) is 19.1 Å². The van der Waals surface area contributed by atoms with Crippen LogP contribution in [-0.4, -0.2) is 4.57 Å². The van der Waals surface area contributed by atoms with Crippen LogP contribution < -0.4 is 5.73 Å². The Morgan fingerprint density at radius 3 is 2.50 bits per heavy atom. The molecule has 2 nitrogen and oxygen atoms in total. The minimum absolute atomic E-state index is 0.0887. The molecule has 2 rings (SSSR count). The number of halogens is 1. The topological polar surface area (TPSA) is 30.9 Å². The van der Waals surface area contributed by atoms with E-state index in [9.17, 15) is 4.39 Å². The van der Waals surface area contributed by atoms with Gasteiger partial charge in [-0.2, -0.15) is 0 Å². The fraction of sp³-hybridized carbons (Fsp3) is 0.385. The SMILES string of the molecule is CC(N)c1cc2c(F)cccc2n1C(C)C. The summed E-state index contributed by atoms with van der Waals surface area (Å²) in [6.45, 7) is 6.08. The van der Waals surface area contributed by atoms with Crippen molar-refractivity contribution in [2.45, 2.75) is 32.9 Å². The van der Waals surface area contributed by atoms with Gasteiger partial charge in [-0.3, -0.25) is 0 Å². The van der Waals surface area contributed by atoms with Crippen LogP contribution >= 0.6 is 0 Å². The van der Waals surface area contributed by atoms with E-state index in [-0.39, 0.29) is 17.9 Å². The van der Waals surface area contributed by atoms with Gasteiger partial charge in [0, 0.05) is 23.2 Å². The predicted octanol–water partition coefficient (Wildman–Crippen LogP) is 3.38. The van der Waals surface area contributed by atoms with Crippen LogP contribution in [0.2, 0.25) is 0 Å². The predicted molar refractivity (Wildman–Crippen MR) is 64.9 cm³/mol. The Hall–Kier alpha value is -1.35. The van der Waals surface area contributed by atoms with Gasteiger partial charge in [0.05, 0.1) is 5.52 Å². The first-order valence-corrected chi connectivity index (χ1v) is 5.57. The number of nitrogens with two attached hydrogens (primary N) is 1. The van der Waals surface area contributed by atoms with E-state index in [0.717, 1.165) is 11.2 Å². The minimum atomic E-state index is -0.182. The number of rotatable bonds is 2. The lowest BCUT2D eigenvalue weighted by molar-refractivity contribution is 0.570. The average Bonchev–Trinajstić information content (AvgIpc) is 2.58. The van der Waals surface area contributed by atoms with Gasteiger partial charge in [-0.15, -0.1) is 0 Å². The highest BCUT2D eigenvalue weighted by Gasteiger charge is 2.15. The lowest BCUT2D eigenvalue weighted by Gasteiger charge is -2.16. The van der Waals surface area contributed by atoms with E-state index in [1.165, 1.54) is 6.07 Å². The third-order valence-electron chi connectivity index (χ3n) is 2.84. The van der Waals surface area contributed by atoms with Gasteiger partial charge in [-0.1, -0.05) is 6.07 Å². The molecule has 2 aromatic rings. The van der Waals surface area contributed by atoms with E-state index in [2.05, 4.69) is 18.4 Å². The first-order chi connectivity index (χ1) is 7.52. The molecule has 1 atom stereocenters. The van der Waals surface area contributed by atoms with Gasteiger partial charge in [0.2, 0.25) is 0 Å². The summed E-state index contributed by atoms with van der Waals surface area (Å²) in [7, 11) is 0. The van der Waals surface area contributed by atoms with Gasteiger partial charge in [0.1, 0.15) is 5.82 Å². The molecule has 1 unspecified atom stereocenters.